The number of ketones is 4. The predicted octanol–water partition coefficient (Wildman–Crippen LogP) is -0.134. The fourth-order valence-electron chi connectivity index (χ4n) is 4.50. The molecule has 2 heterocycles. The monoisotopic (exact) mass is 516 g/mol. The first-order chi connectivity index (χ1) is 18.1. The number of aryl methyl sites for hydroxylation is 2. The van der Waals surface area contributed by atoms with E-state index in [1.54, 1.807) is 21.3 Å². The minimum Gasteiger partial charge on any atom is -0.464 e. The summed E-state index contributed by atoms with van der Waals surface area (Å²) >= 11 is 0. The Morgan fingerprint density at radius 1 is 0.711 bits per heavy atom. The number of rotatable bonds is 7. The molecule has 2 atom stereocenters. The summed E-state index contributed by atoms with van der Waals surface area (Å²) in [6.07, 6.45) is 5.68. The minimum absolute atomic E-state index is 0.0676. The molecule has 0 amide bonds. The van der Waals surface area contributed by atoms with Gasteiger partial charge in [0.05, 0.1) is 36.5 Å². The number of fused-ring (bicyclic) bond motifs is 2. The Balaban J connectivity index is 1.59. The third-order valence-electron chi connectivity index (χ3n) is 6.49. The molecule has 0 bridgehead atoms. The molecule has 0 spiro atoms. The molecule has 0 saturated heterocycles. The van der Waals surface area contributed by atoms with E-state index in [1.807, 2.05) is 0 Å². The lowest BCUT2D eigenvalue weighted by Crippen LogP contribution is -2.45. The molecule has 2 aliphatic rings. The maximum absolute atomic E-state index is 13.0. The Hall–Kier alpha value is -5.10. The lowest BCUT2D eigenvalue weighted by molar-refractivity contribution is -0.778. The van der Waals surface area contributed by atoms with Crippen LogP contribution in [0, 0.1) is 33.5 Å². The fourth-order valence-corrected chi connectivity index (χ4v) is 4.50. The zero-order valence-corrected chi connectivity index (χ0v) is 20.3. The molecule has 38 heavy (non-hydrogen) atoms. The van der Waals surface area contributed by atoms with Crippen molar-refractivity contribution in [3.63, 3.8) is 0 Å². The van der Waals surface area contributed by atoms with E-state index in [2.05, 4.69) is 0 Å². The summed E-state index contributed by atoms with van der Waals surface area (Å²) in [5.41, 5.74) is -5.49. The van der Waals surface area contributed by atoms with E-state index in [9.17, 15) is 39.3 Å². The van der Waals surface area contributed by atoms with Gasteiger partial charge in [0.1, 0.15) is 0 Å². The van der Waals surface area contributed by atoms with E-state index >= 15 is 0 Å². The molecule has 0 fully saturated rings. The van der Waals surface area contributed by atoms with Crippen molar-refractivity contribution in [2.75, 3.05) is 13.2 Å². The zero-order chi connectivity index (χ0) is 27.8. The lowest BCUT2D eigenvalue weighted by atomic mass is 9.84. The highest BCUT2D eigenvalue weighted by Crippen LogP contribution is 2.38. The molecule has 0 saturated carbocycles. The molecule has 0 radical (unpaired) electrons. The number of esters is 2. The van der Waals surface area contributed by atoms with Crippen LogP contribution in [0.4, 0.5) is 0 Å². The minimum atomic E-state index is -2.58. The van der Waals surface area contributed by atoms with Gasteiger partial charge in [0.15, 0.2) is 24.8 Å². The Morgan fingerprint density at radius 3 is 1.37 bits per heavy atom. The number of ether oxygens (including phenoxy) is 2. The summed E-state index contributed by atoms with van der Waals surface area (Å²) in [5.74, 6) is -6.25. The first kappa shape index (κ1) is 26.0. The molecule has 2 aromatic heterocycles. The van der Waals surface area contributed by atoms with Crippen LogP contribution in [0.2, 0.25) is 0 Å². The maximum atomic E-state index is 13.0. The summed E-state index contributed by atoms with van der Waals surface area (Å²) in [7, 11) is 0. The Labute approximate surface area is 215 Å². The van der Waals surface area contributed by atoms with Gasteiger partial charge in [0, 0.05) is 23.3 Å². The van der Waals surface area contributed by atoms with Crippen LogP contribution in [-0.2, 0) is 32.2 Å². The predicted molar refractivity (Wildman–Crippen MR) is 120 cm³/mol. The van der Waals surface area contributed by atoms with E-state index in [0.29, 0.717) is 0 Å². The highest BCUT2D eigenvalue weighted by atomic mass is 16.5. The molecule has 0 N–H and O–H groups in total. The number of nitrogens with zero attached hydrogens (tertiary/aromatic N) is 4. The average molecular weight is 516 g/mol. The molecule has 0 aromatic carbocycles. The van der Waals surface area contributed by atoms with Crippen molar-refractivity contribution in [3.8, 4) is 12.1 Å². The van der Waals surface area contributed by atoms with Gasteiger partial charge in [0.2, 0.25) is 36.2 Å². The van der Waals surface area contributed by atoms with Crippen LogP contribution in [0.1, 0.15) is 55.3 Å². The van der Waals surface area contributed by atoms with Crippen molar-refractivity contribution in [2.45, 2.75) is 26.9 Å². The highest BCUT2D eigenvalue weighted by Gasteiger charge is 2.63. The van der Waals surface area contributed by atoms with Gasteiger partial charge >= 0.3 is 11.9 Å². The summed E-state index contributed by atoms with van der Waals surface area (Å²) in [4.78, 5) is 76.4. The number of nitriles is 2. The second kappa shape index (κ2) is 9.41. The Bertz CT molecular complexity index is 1430. The van der Waals surface area contributed by atoms with Crippen molar-refractivity contribution in [1.29, 1.82) is 10.5 Å². The largest absolute Gasteiger partial charge is 0.464 e. The van der Waals surface area contributed by atoms with Crippen LogP contribution >= 0.6 is 0 Å². The molecule has 4 rings (SSSR count). The second-order valence-electron chi connectivity index (χ2n) is 8.50. The van der Waals surface area contributed by atoms with Crippen molar-refractivity contribution < 1.29 is 47.4 Å². The fraction of sp³-hybridized carbons (Fsp3) is 0.308. The van der Waals surface area contributed by atoms with Crippen LogP contribution in [0.3, 0.4) is 0 Å². The van der Waals surface area contributed by atoms with Crippen molar-refractivity contribution in [1.82, 2.24) is 0 Å². The SMILES string of the molecule is CCOC(=O)C1(C#N)C(=O)c2cc[n+](CC[n+]3ccc4c(c3)C(=O)C(C#N)(C(=O)OCC)C4=O)cc2C1=O. The zero-order valence-electron chi connectivity index (χ0n) is 20.3. The van der Waals surface area contributed by atoms with E-state index in [4.69, 9.17) is 9.47 Å². The standard InChI is InChI=1S/C26H20N4O8/c1-3-37-23(35)25(13-27)19(31)15-5-7-29(11-17(15)21(25)33)9-10-30-8-6-16-18(12-30)22(34)26(14-28,20(16)32)24(36)38-4-2/h5-8,11-12H,3-4,9-10H2,1-2H3/q+2. The first-order valence-corrected chi connectivity index (χ1v) is 11.6. The first-order valence-electron chi connectivity index (χ1n) is 11.6. The smallest absolute Gasteiger partial charge is 0.342 e. The van der Waals surface area contributed by atoms with Crippen LogP contribution < -0.4 is 9.13 Å². The van der Waals surface area contributed by atoms with E-state index in [1.165, 1.54) is 50.8 Å². The van der Waals surface area contributed by atoms with E-state index < -0.39 is 45.9 Å². The molecule has 2 aromatic rings. The van der Waals surface area contributed by atoms with Gasteiger partial charge in [-0.1, -0.05) is 0 Å². The van der Waals surface area contributed by atoms with Gasteiger partial charge in [-0.25, -0.2) is 9.59 Å². The lowest BCUT2D eigenvalue weighted by Gasteiger charge is -2.14. The molecular weight excluding hydrogens is 496 g/mol. The summed E-state index contributed by atoms with van der Waals surface area (Å²) in [6, 6.07) is 5.76. The third kappa shape index (κ3) is 3.42. The normalized spacial score (nSPS) is 21.4. The van der Waals surface area contributed by atoms with Crippen molar-refractivity contribution >= 4 is 35.1 Å². The number of hydrogen-bond acceptors (Lipinski definition) is 10. The van der Waals surface area contributed by atoms with Crippen LogP contribution in [0.25, 0.3) is 0 Å². The number of hydrogen-bond donors (Lipinski definition) is 0. The Morgan fingerprint density at radius 2 is 1.05 bits per heavy atom. The average Bonchev–Trinajstić information content (AvgIpc) is 3.27. The van der Waals surface area contributed by atoms with Gasteiger partial charge in [-0.2, -0.15) is 19.7 Å². The number of aromatic nitrogens is 2. The van der Waals surface area contributed by atoms with Gasteiger partial charge < -0.3 is 9.47 Å². The summed E-state index contributed by atoms with van der Waals surface area (Å²) in [6.45, 7) is 3.18. The number of Topliss-reactive ketones (excluding diaryl/α,β-unsaturated/α-hetero) is 4. The molecule has 12 nitrogen and oxygen atoms in total. The van der Waals surface area contributed by atoms with Crippen LogP contribution in [0.15, 0.2) is 36.9 Å². The van der Waals surface area contributed by atoms with Gasteiger partial charge in [0.25, 0.3) is 10.8 Å². The quantitative estimate of drug-likeness (QED) is 0.274. The maximum Gasteiger partial charge on any atom is 0.342 e. The molecular formula is C26H20N4O8+2. The molecule has 2 aliphatic carbocycles. The second-order valence-corrected chi connectivity index (χ2v) is 8.50. The van der Waals surface area contributed by atoms with E-state index in [0.717, 1.165) is 0 Å². The summed E-state index contributed by atoms with van der Waals surface area (Å²) < 4.78 is 12.7. The Kier molecular flexibility index (Phi) is 6.43. The topological polar surface area (TPSA) is 176 Å². The van der Waals surface area contributed by atoms with Gasteiger partial charge in [-0.15, -0.1) is 0 Å². The molecule has 190 valence electrons. The summed E-state index contributed by atoms with van der Waals surface area (Å²) in [5, 5.41) is 19.2. The highest BCUT2D eigenvalue weighted by molar-refractivity contribution is 6.41. The number of pyridine rings is 2. The third-order valence-corrected chi connectivity index (χ3v) is 6.49. The van der Waals surface area contributed by atoms with Crippen LogP contribution in [0.5, 0.6) is 0 Å². The number of carbonyl (C=O) groups is 6. The van der Waals surface area contributed by atoms with Crippen molar-refractivity contribution in [2.24, 2.45) is 10.8 Å². The van der Waals surface area contributed by atoms with Crippen molar-refractivity contribution in [3.05, 3.63) is 59.2 Å². The van der Waals surface area contributed by atoms with Crippen LogP contribution in [-0.4, -0.2) is 48.3 Å². The van der Waals surface area contributed by atoms with E-state index in [-0.39, 0.29) is 48.6 Å². The van der Waals surface area contributed by atoms with Gasteiger partial charge in [-0.3, -0.25) is 19.2 Å². The van der Waals surface area contributed by atoms with Gasteiger partial charge in [-0.05, 0) is 13.8 Å². The molecule has 0 aliphatic heterocycles. The number of carbonyl (C=O) groups excluding carboxylic acids is 6. The molecule has 12 heteroatoms. The molecule has 2 unspecified atom stereocenters.